The summed E-state index contributed by atoms with van der Waals surface area (Å²) in [5, 5.41) is 19.5. The second-order valence-electron chi connectivity index (χ2n) is 5.90. The molecule has 0 saturated carbocycles. The molecule has 2 rings (SSSR count). The number of carbonyl (C=O) groups excluding carboxylic acids is 1. The maximum absolute atomic E-state index is 12.0. The number of nitrogens with zero attached hydrogens (tertiary/aromatic N) is 2. The molecule has 0 fully saturated rings. The molecule has 2 heterocycles. The molecule has 0 bridgehead atoms. The van der Waals surface area contributed by atoms with E-state index in [1.807, 2.05) is 13.8 Å². The highest BCUT2D eigenvalue weighted by Crippen LogP contribution is 2.20. The van der Waals surface area contributed by atoms with E-state index in [1.54, 1.807) is 24.6 Å². The fraction of sp³-hybridized carbons (Fsp3) is 0.471. The SMILES string of the molecule is CCNC(=NCC(C)(O)c1ccco1)NCCNC(=O)c1scnc1C. The Morgan fingerprint density at radius 1 is 1.38 bits per heavy atom. The number of aliphatic imine (C=N–C) groups is 1. The molecular formula is C17H25N5O3S. The van der Waals surface area contributed by atoms with Crippen LogP contribution in [0.15, 0.2) is 33.3 Å². The maximum atomic E-state index is 12.0. The van der Waals surface area contributed by atoms with Gasteiger partial charge in [0.05, 0.1) is 24.0 Å². The van der Waals surface area contributed by atoms with Crippen molar-refractivity contribution in [1.82, 2.24) is 20.9 Å². The predicted molar refractivity (Wildman–Crippen MR) is 101 cm³/mol. The number of guanidine groups is 1. The van der Waals surface area contributed by atoms with Crippen molar-refractivity contribution < 1.29 is 14.3 Å². The molecule has 0 radical (unpaired) electrons. The van der Waals surface area contributed by atoms with Gasteiger partial charge in [0.1, 0.15) is 16.2 Å². The van der Waals surface area contributed by atoms with E-state index in [1.165, 1.54) is 17.6 Å². The minimum Gasteiger partial charge on any atom is -0.466 e. The average Bonchev–Trinajstić information content (AvgIpc) is 3.28. The zero-order valence-electron chi connectivity index (χ0n) is 15.2. The smallest absolute Gasteiger partial charge is 0.263 e. The standard InChI is InChI=1S/C17H25N5O3S/c1-4-18-16(21-10-17(3,24)13-6-5-9-25-13)20-8-7-19-15(23)14-12(2)22-11-26-14/h5-6,9,11,24H,4,7-8,10H2,1-3H3,(H,19,23)(H2,18,20,21). The molecule has 2 aromatic rings. The number of amides is 1. The van der Waals surface area contributed by atoms with Gasteiger partial charge in [0.25, 0.3) is 5.91 Å². The lowest BCUT2D eigenvalue weighted by Crippen LogP contribution is -2.42. The Labute approximate surface area is 156 Å². The van der Waals surface area contributed by atoms with Gasteiger partial charge in [-0.05, 0) is 32.9 Å². The highest BCUT2D eigenvalue weighted by atomic mass is 32.1. The summed E-state index contributed by atoms with van der Waals surface area (Å²) in [6, 6.07) is 3.44. The lowest BCUT2D eigenvalue weighted by Gasteiger charge is -2.19. The molecule has 2 aromatic heterocycles. The van der Waals surface area contributed by atoms with Crippen LogP contribution in [0.25, 0.3) is 0 Å². The molecule has 9 heteroatoms. The van der Waals surface area contributed by atoms with Crippen molar-refractivity contribution in [2.75, 3.05) is 26.2 Å². The van der Waals surface area contributed by atoms with Gasteiger partial charge in [-0.3, -0.25) is 4.79 Å². The number of aliphatic hydroxyl groups is 1. The minimum atomic E-state index is -1.19. The monoisotopic (exact) mass is 379 g/mol. The number of furan rings is 1. The van der Waals surface area contributed by atoms with Crippen LogP contribution in [-0.4, -0.2) is 48.1 Å². The van der Waals surface area contributed by atoms with Crippen LogP contribution in [-0.2, 0) is 5.60 Å². The van der Waals surface area contributed by atoms with Crippen molar-refractivity contribution in [2.45, 2.75) is 26.4 Å². The Hall–Kier alpha value is -2.39. The normalized spacial score (nSPS) is 13.9. The van der Waals surface area contributed by atoms with Crippen molar-refractivity contribution in [3.63, 3.8) is 0 Å². The lowest BCUT2D eigenvalue weighted by molar-refractivity contribution is 0.0437. The van der Waals surface area contributed by atoms with Gasteiger partial charge >= 0.3 is 0 Å². The molecule has 0 saturated heterocycles. The number of thiazole rings is 1. The first-order valence-corrected chi connectivity index (χ1v) is 9.29. The molecule has 0 aliphatic carbocycles. The Morgan fingerprint density at radius 3 is 2.77 bits per heavy atom. The zero-order valence-corrected chi connectivity index (χ0v) is 16.0. The fourth-order valence-corrected chi connectivity index (χ4v) is 2.91. The summed E-state index contributed by atoms with van der Waals surface area (Å²) in [4.78, 5) is 21.1. The molecule has 0 aliphatic heterocycles. The molecule has 142 valence electrons. The molecular weight excluding hydrogens is 354 g/mol. The molecule has 8 nitrogen and oxygen atoms in total. The van der Waals surface area contributed by atoms with E-state index >= 15 is 0 Å². The summed E-state index contributed by atoms with van der Waals surface area (Å²) in [6.45, 7) is 7.17. The van der Waals surface area contributed by atoms with E-state index in [0.29, 0.717) is 36.2 Å². The van der Waals surface area contributed by atoms with Gasteiger partial charge in [0.2, 0.25) is 0 Å². The summed E-state index contributed by atoms with van der Waals surface area (Å²) >= 11 is 1.32. The van der Waals surface area contributed by atoms with Gasteiger partial charge in [0.15, 0.2) is 5.96 Å². The van der Waals surface area contributed by atoms with E-state index in [2.05, 4.69) is 25.9 Å². The Bertz CT molecular complexity index is 725. The Balaban J connectivity index is 1.82. The van der Waals surface area contributed by atoms with Gasteiger partial charge in [0, 0.05) is 19.6 Å². The second kappa shape index (κ2) is 9.35. The van der Waals surface area contributed by atoms with Crippen LogP contribution in [0.1, 0.15) is 35.0 Å². The molecule has 4 N–H and O–H groups in total. The fourth-order valence-electron chi connectivity index (χ4n) is 2.19. The van der Waals surface area contributed by atoms with Crippen molar-refractivity contribution >= 4 is 23.2 Å². The zero-order chi connectivity index (χ0) is 19.0. The minimum absolute atomic E-state index is 0.130. The number of nitrogens with one attached hydrogen (secondary N) is 3. The highest BCUT2D eigenvalue weighted by molar-refractivity contribution is 7.11. The molecule has 1 unspecified atom stereocenters. The highest BCUT2D eigenvalue weighted by Gasteiger charge is 2.26. The molecule has 1 atom stereocenters. The third kappa shape index (κ3) is 5.57. The van der Waals surface area contributed by atoms with Crippen LogP contribution < -0.4 is 16.0 Å². The molecule has 0 spiro atoms. The summed E-state index contributed by atoms with van der Waals surface area (Å²) in [7, 11) is 0. The average molecular weight is 379 g/mol. The molecule has 26 heavy (non-hydrogen) atoms. The number of aryl methyl sites for hydroxylation is 1. The number of hydrogen-bond donors (Lipinski definition) is 4. The summed E-state index contributed by atoms with van der Waals surface area (Å²) < 4.78 is 5.25. The third-order valence-electron chi connectivity index (χ3n) is 3.60. The first-order chi connectivity index (χ1) is 12.4. The largest absolute Gasteiger partial charge is 0.466 e. The summed E-state index contributed by atoms with van der Waals surface area (Å²) in [5.41, 5.74) is 1.20. The van der Waals surface area contributed by atoms with E-state index in [0.717, 1.165) is 5.69 Å². The lowest BCUT2D eigenvalue weighted by atomic mass is 10.0. The van der Waals surface area contributed by atoms with Gasteiger partial charge in [-0.2, -0.15) is 0 Å². The third-order valence-corrected chi connectivity index (χ3v) is 4.52. The molecule has 1 amide bonds. The molecule has 0 aromatic carbocycles. The van der Waals surface area contributed by atoms with Crippen molar-refractivity contribution in [3.05, 3.63) is 40.2 Å². The Kier molecular flexibility index (Phi) is 7.16. The van der Waals surface area contributed by atoms with Crippen molar-refractivity contribution in [3.8, 4) is 0 Å². The van der Waals surface area contributed by atoms with Crippen LogP contribution in [0.3, 0.4) is 0 Å². The van der Waals surface area contributed by atoms with E-state index in [9.17, 15) is 9.90 Å². The topological polar surface area (TPSA) is 112 Å². The van der Waals surface area contributed by atoms with Crippen LogP contribution in [0.5, 0.6) is 0 Å². The van der Waals surface area contributed by atoms with E-state index < -0.39 is 5.60 Å². The van der Waals surface area contributed by atoms with Crippen molar-refractivity contribution in [2.24, 2.45) is 4.99 Å². The first-order valence-electron chi connectivity index (χ1n) is 8.41. The quantitative estimate of drug-likeness (QED) is 0.312. The van der Waals surface area contributed by atoms with Crippen molar-refractivity contribution in [1.29, 1.82) is 0 Å². The van der Waals surface area contributed by atoms with Crippen LogP contribution in [0, 0.1) is 6.92 Å². The second-order valence-corrected chi connectivity index (χ2v) is 6.75. The number of hydrogen-bond acceptors (Lipinski definition) is 6. The number of aromatic nitrogens is 1. The predicted octanol–water partition coefficient (Wildman–Crippen LogP) is 1.24. The van der Waals surface area contributed by atoms with Crippen LogP contribution in [0.4, 0.5) is 0 Å². The Morgan fingerprint density at radius 2 is 2.15 bits per heavy atom. The summed E-state index contributed by atoms with van der Waals surface area (Å²) in [5.74, 6) is 0.890. The van der Waals surface area contributed by atoms with Crippen LogP contribution >= 0.6 is 11.3 Å². The van der Waals surface area contributed by atoms with Gasteiger partial charge in [-0.1, -0.05) is 0 Å². The number of carbonyl (C=O) groups is 1. The van der Waals surface area contributed by atoms with E-state index in [4.69, 9.17) is 4.42 Å². The molecule has 0 aliphatic rings. The first kappa shape index (κ1) is 19.9. The summed E-state index contributed by atoms with van der Waals surface area (Å²) in [6.07, 6.45) is 1.52. The van der Waals surface area contributed by atoms with Gasteiger partial charge in [-0.15, -0.1) is 11.3 Å². The van der Waals surface area contributed by atoms with E-state index in [-0.39, 0.29) is 12.5 Å². The van der Waals surface area contributed by atoms with Crippen LogP contribution in [0.2, 0.25) is 0 Å². The van der Waals surface area contributed by atoms with Gasteiger partial charge in [-0.25, -0.2) is 9.98 Å². The maximum Gasteiger partial charge on any atom is 0.263 e. The number of rotatable bonds is 8. The van der Waals surface area contributed by atoms with Gasteiger partial charge < -0.3 is 25.5 Å².